The van der Waals surface area contributed by atoms with Crippen LogP contribution in [-0.2, 0) is 4.79 Å². The van der Waals surface area contributed by atoms with Crippen LogP contribution in [0.1, 0.15) is 38.6 Å². The van der Waals surface area contributed by atoms with Crippen molar-refractivity contribution in [2.75, 3.05) is 20.7 Å². The summed E-state index contributed by atoms with van der Waals surface area (Å²) in [5, 5.41) is 5.94. The molecule has 1 spiro atoms. The minimum atomic E-state index is 0.181. The van der Waals surface area contributed by atoms with E-state index in [1.807, 2.05) is 18.0 Å². The van der Waals surface area contributed by atoms with E-state index in [0.29, 0.717) is 24.3 Å². The van der Waals surface area contributed by atoms with Crippen LogP contribution in [0.25, 0.3) is 10.9 Å². The monoisotopic (exact) mass is 405 g/mol. The second-order valence-electron chi connectivity index (χ2n) is 7.87. The molecule has 2 heterocycles. The van der Waals surface area contributed by atoms with Crippen LogP contribution in [-0.4, -0.2) is 41.3 Å². The van der Waals surface area contributed by atoms with Crippen molar-refractivity contribution in [3.63, 3.8) is 0 Å². The van der Waals surface area contributed by atoms with E-state index >= 15 is 0 Å². The van der Waals surface area contributed by atoms with Crippen molar-refractivity contribution in [1.82, 2.24) is 14.7 Å². The Hall–Kier alpha value is -1.56. The number of fused-ring (bicyclic) bond motifs is 1. The summed E-state index contributed by atoms with van der Waals surface area (Å²) in [7, 11) is 3.60. The first-order chi connectivity index (χ1) is 11.9. The average molecular weight is 406 g/mol. The van der Waals surface area contributed by atoms with Crippen molar-refractivity contribution >= 4 is 32.7 Å². The number of rotatable bonds is 2. The van der Waals surface area contributed by atoms with Gasteiger partial charge < -0.3 is 9.64 Å². The van der Waals surface area contributed by atoms with Crippen LogP contribution in [0.4, 0.5) is 0 Å². The van der Waals surface area contributed by atoms with Crippen molar-refractivity contribution in [2.24, 2.45) is 11.3 Å². The Kier molecular flexibility index (Phi) is 4.06. The second-order valence-corrected chi connectivity index (χ2v) is 8.72. The Bertz CT molecular complexity index is 833. The summed E-state index contributed by atoms with van der Waals surface area (Å²) in [6, 6.07) is 4.44. The molecule has 1 saturated heterocycles. The van der Waals surface area contributed by atoms with Gasteiger partial charge in [0.15, 0.2) is 0 Å². The van der Waals surface area contributed by atoms with E-state index in [-0.39, 0.29) is 5.41 Å². The van der Waals surface area contributed by atoms with Gasteiger partial charge in [-0.25, -0.2) is 0 Å². The molecule has 0 radical (unpaired) electrons. The number of amides is 1. The molecule has 1 aromatic carbocycles. The van der Waals surface area contributed by atoms with E-state index in [1.54, 1.807) is 7.11 Å². The smallest absolute Gasteiger partial charge is 0.222 e. The van der Waals surface area contributed by atoms with Crippen LogP contribution in [0.2, 0.25) is 0 Å². The fraction of sp³-hybridized carbons (Fsp3) is 0.579. The maximum absolute atomic E-state index is 12.0. The van der Waals surface area contributed by atoms with Crippen molar-refractivity contribution < 1.29 is 9.53 Å². The SMILES string of the molecule is COc1cc2nn([C@@H]3CC[C@]4(CC(=O)N(C)C4)C[C@H]3C)cc2cc1Br. The summed E-state index contributed by atoms with van der Waals surface area (Å²) in [5.41, 5.74) is 1.14. The van der Waals surface area contributed by atoms with Crippen LogP contribution >= 0.6 is 15.9 Å². The molecular formula is C19H24BrN3O2. The molecule has 1 aromatic heterocycles. The van der Waals surface area contributed by atoms with Crippen molar-refractivity contribution in [3.05, 3.63) is 22.8 Å². The number of hydrogen-bond donors (Lipinski definition) is 0. The predicted molar refractivity (Wildman–Crippen MR) is 101 cm³/mol. The average Bonchev–Trinajstić information content (AvgIpc) is 3.07. The zero-order chi connectivity index (χ0) is 17.8. The summed E-state index contributed by atoms with van der Waals surface area (Å²) in [6.07, 6.45) is 6.13. The number of carbonyl (C=O) groups is 1. The number of likely N-dealkylation sites (tertiary alicyclic amines) is 1. The van der Waals surface area contributed by atoms with Crippen molar-refractivity contribution in [3.8, 4) is 5.75 Å². The highest BCUT2D eigenvalue weighted by molar-refractivity contribution is 9.10. The summed E-state index contributed by atoms with van der Waals surface area (Å²) < 4.78 is 8.46. The highest BCUT2D eigenvalue weighted by Gasteiger charge is 2.46. The van der Waals surface area contributed by atoms with Crippen LogP contribution in [0.15, 0.2) is 22.8 Å². The summed E-state index contributed by atoms with van der Waals surface area (Å²) in [5.74, 6) is 1.61. The number of hydrogen-bond acceptors (Lipinski definition) is 3. The van der Waals surface area contributed by atoms with Gasteiger partial charge in [-0.2, -0.15) is 5.10 Å². The quantitative estimate of drug-likeness (QED) is 0.757. The molecule has 0 bridgehead atoms. The van der Waals surface area contributed by atoms with Gasteiger partial charge in [0.2, 0.25) is 5.91 Å². The molecule has 2 fully saturated rings. The van der Waals surface area contributed by atoms with E-state index in [2.05, 4.69) is 39.8 Å². The molecule has 25 heavy (non-hydrogen) atoms. The van der Waals surface area contributed by atoms with Crippen LogP contribution in [0.5, 0.6) is 5.75 Å². The van der Waals surface area contributed by atoms with Crippen LogP contribution in [0, 0.1) is 11.3 Å². The fourth-order valence-corrected chi connectivity index (χ4v) is 5.35. The van der Waals surface area contributed by atoms with Gasteiger partial charge in [0.1, 0.15) is 5.75 Å². The highest BCUT2D eigenvalue weighted by atomic mass is 79.9. The van der Waals surface area contributed by atoms with E-state index in [0.717, 1.165) is 46.9 Å². The highest BCUT2D eigenvalue weighted by Crippen LogP contribution is 2.49. The van der Waals surface area contributed by atoms with Gasteiger partial charge in [0.05, 0.1) is 23.1 Å². The molecule has 1 aliphatic heterocycles. The molecule has 0 N–H and O–H groups in total. The van der Waals surface area contributed by atoms with Gasteiger partial charge >= 0.3 is 0 Å². The number of halogens is 1. The predicted octanol–water partition coefficient (Wildman–Crippen LogP) is 4.02. The van der Waals surface area contributed by atoms with E-state index in [1.165, 1.54) is 0 Å². The van der Waals surface area contributed by atoms with Gasteiger partial charge in [-0.15, -0.1) is 0 Å². The lowest BCUT2D eigenvalue weighted by atomic mass is 9.67. The summed E-state index contributed by atoms with van der Waals surface area (Å²) in [6.45, 7) is 3.21. The van der Waals surface area contributed by atoms with Gasteiger partial charge in [-0.05, 0) is 52.6 Å². The number of benzene rings is 1. The maximum Gasteiger partial charge on any atom is 0.222 e. The number of nitrogens with zero attached hydrogens (tertiary/aromatic N) is 3. The number of ether oxygens (including phenoxy) is 1. The Morgan fingerprint density at radius 2 is 2.20 bits per heavy atom. The van der Waals surface area contributed by atoms with Crippen molar-refractivity contribution in [2.45, 2.75) is 38.6 Å². The van der Waals surface area contributed by atoms with E-state index in [9.17, 15) is 4.79 Å². The Labute approximate surface area is 156 Å². The second kappa shape index (κ2) is 6.01. The van der Waals surface area contributed by atoms with Gasteiger partial charge in [0, 0.05) is 37.7 Å². The van der Waals surface area contributed by atoms with Crippen molar-refractivity contribution in [1.29, 1.82) is 0 Å². The molecule has 0 unspecified atom stereocenters. The first-order valence-electron chi connectivity index (χ1n) is 8.87. The third kappa shape index (κ3) is 2.84. The van der Waals surface area contributed by atoms with E-state index in [4.69, 9.17) is 9.84 Å². The van der Waals surface area contributed by atoms with Crippen LogP contribution < -0.4 is 4.74 Å². The molecule has 1 aliphatic carbocycles. The first kappa shape index (κ1) is 16.9. The number of aromatic nitrogens is 2. The molecule has 134 valence electrons. The molecule has 4 rings (SSSR count). The Balaban J connectivity index is 1.59. The normalized spacial score (nSPS) is 29.8. The summed E-state index contributed by atoms with van der Waals surface area (Å²) in [4.78, 5) is 13.9. The first-order valence-corrected chi connectivity index (χ1v) is 9.66. The fourth-order valence-electron chi connectivity index (χ4n) is 4.83. The zero-order valence-electron chi connectivity index (χ0n) is 15.0. The Morgan fingerprint density at radius 1 is 1.40 bits per heavy atom. The van der Waals surface area contributed by atoms with Gasteiger partial charge in [-0.1, -0.05) is 6.92 Å². The molecule has 2 aromatic rings. The lowest BCUT2D eigenvalue weighted by molar-refractivity contribution is -0.126. The topological polar surface area (TPSA) is 47.4 Å². The maximum atomic E-state index is 12.0. The van der Waals surface area contributed by atoms with Gasteiger partial charge in [-0.3, -0.25) is 9.48 Å². The van der Waals surface area contributed by atoms with Crippen LogP contribution in [0.3, 0.4) is 0 Å². The lowest BCUT2D eigenvalue weighted by Gasteiger charge is -2.40. The lowest BCUT2D eigenvalue weighted by Crippen LogP contribution is -2.35. The molecule has 5 nitrogen and oxygen atoms in total. The minimum absolute atomic E-state index is 0.181. The molecule has 2 aliphatic rings. The Morgan fingerprint density at radius 3 is 2.84 bits per heavy atom. The standard InChI is InChI=1S/C19H24BrN3O2/c1-12-8-19(9-18(24)22(2)11-19)5-4-16(12)23-10-13-6-14(20)17(25-3)7-15(13)21-23/h6-7,10,12,16H,4-5,8-9,11H2,1-3H3/t12-,16-,19-/m1/s1. The molecule has 1 saturated carbocycles. The third-order valence-electron chi connectivity index (χ3n) is 6.04. The molecule has 3 atom stereocenters. The zero-order valence-corrected chi connectivity index (χ0v) is 16.5. The molecular weight excluding hydrogens is 382 g/mol. The van der Waals surface area contributed by atoms with E-state index < -0.39 is 0 Å². The number of carbonyl (C=O) groups excluding carboxylic acids is 1. The van der Waals surface area contributed by atoms with Gasteiger partial charge in [0.25, 0.3) is 0 Å². The molecule has 6 heteroatoms. The summed E-state index contributed by atoms with van der Waals surface area (Å²) >= 11 is 3.55. The largest absolute Gasteiger partial charge is 0.495 e. The third-order valence-corrected chi connectivity index (χ3v) is 6.66. The minimum Gasteiger partial charge on any atom is -0.495 e. The molecule has 1 amide bonds. The number of methoxy groups -OCH3 is 1.